The zero-order chi connectivity index (χ0) is 11.7. The summed E-state index contributed by atoms with van der Waals surface area (Å²) < 4.78 is 0. The summed E-state index contributed by atoms with van der Waals surface area (Å²) in [6.07, 6.45) is 7.73. The van der Waals surface area contributed by atoms with E-state index < -0.39 is 11.8 Å². The molecule has 2 aliphatic rings. The van der Waals surface area contributed by atoms with Crippen molar-refractivity contribution in [2.45, 2.75) is 31.7 Å². The van der Waals surface area contributed by atoms with Gasteiger partial charge in [-0.15, -0.1) is 0 Å². The molecule has 1 aliphatic heterocycles. The molecule has 0 N–H and O–H groups in total. The Labute approximate surface area is 104 Å². The minimum Gasteiger partial charge on any atom is -0.267 e. The van der Waals surface area contributed by atoms with Crippen molar-refractivity contribution in [3.63, 3.8) is 0 Å². The van der Waals surface area contributed by atoms with Crippen molar-refractivity contribution in [3.8, 4) is 0 Å². The fourth-order valence-electron chi connectivity index (χ4n) is 1.97. The number of nitrogens with zero attached hydrogens (tertiary/aromatic N) is 1. The van der Waals surface area contributed by atoms with Gasteiger partial charge in [0.1, 0.15) is 10.1 Å². The van der Waals surface area contributed by atoms with Gasteiger partial charge < -0.3 is 0 Å². The van der Waals surface area contributed by atoms with E-state index in [-0.39, 0.29) is 16.1 Å². The predicted octanol–water partition coefficient (Wildman–Crippen LogP) is 2.54. The van der Waals surface area contributed by atoms with Crippen LogP contribution in [0.4, 0.5) is 0 Å². The summed E-state index contributed by atoms with van der Waals surface area (Å²) in [5, 5.41) is -0.325. The Morgan fingerprint density at radius 1 is 1.12 bits per heavy atom. The third-order valence-electron chi connectivity index (χ3n) is 2.82. The number of halogens is 2. The summed E-state index contributed by atoms with van der Waals surface area (Å²) in [4.78, 5) is 24.6. The second-order valence-corrected chi connectivity index (χ2v) is 4.64. The third-order valence-corrected chi connectivity index (χ3v) is 3.61. The lowest BCUT2D eigenvalue weighted by Crippen LogP contribution is -2.39. The van der Waals surface area contributed by atoms with E-state index in [9.17, 15) is 9.59 Å². The molecule has 86 valence electrons. The van der Waals surface area contributed by atoms with E-state index in [1.807, 2.05) is 12.2 Å². The van der Waals surface area contributed by atoms with Crippen molar-refractivity contribution >= 4 is 35.0 Å². The second-order valence-electron chi connectivity index (χ2n) is 3.89. The van der Waals surface area contributed by atoms with Crippen LogP contribution in [0, 0.1) is 0 Å². The summed E-state index contributed by atoms with van der Waals surface area (Å²) in [5.74, 6) is -0.957. The van der Waals surface area contributed by atoms with Crippen molar-refractivity contribution in [2.75, 3.05) is 0 Å². The number of carbonyl (C=O) groups is 2. The number of imide groups is 1. The lowest BCUT2D eigenvalue weighted by molar-refractivity contribution is -0.138. The second kappa shape index (κ2) is 4.60. The molecule has 1 heterocycles. The predicted molar refractivity (Wildman–Crippen MR) is 62.0 cm³/mol. The van der Waals surface area contributed by atoms with E-state index in [0.717, 1.165) is 30.6 Å². The van der Waals surface area contributed by atoms with Gasteiger partial charge in [-0.1, -0.05) is 41.8 Å². The summed E-state index contributed by atoms with van der Waals surface area (Å²) >= 11 is 11.3. The Hall–Kier alpha value is -0.800. The van der Waals surface area contributed by atoms with Gasteiger partial charge in [0, 0.05) is 0 Å². The summed E-state index contributed by atoms with van der Waals surface area (Å²) in [6.45, 7) is 0. The molecule has 0 bridgehead atoms. The van der Waals surface area contributed by atoms with E-state index in [1.165, 1.54) is 0 Å². The van der Waals surface area contributed by atoms with Crippen molar-refractivity contribution in [1.82, 2.24) is 4.90 Å². The maximum absolute atomic E-state index is 11.7. The number of amides is 2. The third kappa shape index (κ3) is 1.89. The van der Waals surface area contributed by atoms with Crippen LogP contribution in [0.3, 0.4) is 0 Å². The molecule has 5 heteroatoms. The van der Waals surface area contributed by atoms with Crippen molar-refractivity contribution < 1.29 is 9.59 Å². The van der Waals surface area contributed by atoms with Crippen molar-refractivity contribution in [3.05, 3.63) is 22.2 Å². The molecule has 0 aromatic rings. The van der Waals surface area contributed by atoms with Gasteiger partial charge in [-0.2, -0.15) is 0 Å². The molecule has 0 saturated carbocycles. The molecule has 3 nitrogen and oxygen atoms in total. The molecule has 2 rings (SSSR count). The molecule has 0 saturated heterocycles. The maximum Gasteiger partial charge on any atom is 0.274 e. The van der Waals surface area contributed by atoms with Crippen LogP contribution in [0.1, 0.15) is 25.7 Å². The maximum atomic E-state index is 11.7. The molecule has 0 spiro atoms. The number of carbonyl (C=O) groups excluding carboxylic acids is 2. The van der Waals surface area contributed by atoms with E-state index in [1.54, 1.807) is 0 Å². The van der Waals surface area contributed by atoms with Crippen LogP contribution in [0.15, 0.2) is 22.2 Å². The lowest BCUT2D eigenvalue weighted by atomic mass is 10.1. The number of rotatable bonds is 1. The van der Waals surface area contributed by atoms with Gasteiger partial charge in [-0.3, -0.25) is 14.5 Å². The Morgan fingerprint density at radius 3 is 2.38 bits per heavy atom. The first-order valence-corrected chi connectivity index (χ1v) is 5.98. The van der Waals surface area contributed by atoms with E-state index >= 15 is 0 Å². The minimum absolute atomic E-state index is 0.163. The quantitative estimate of drug-likeness (QED) is 0.536. The first kappa shape index (κ1) is 11.7. The van der Waals surface area contributed by atoms with Crippen molar-refractivity contribution in [2.24, 2.45) is 0 Å². The van der Waals surface area contributed by atoms with Crippen molar-refractivity contribution in [1.29, 1.82) is 0 Å². The monoisotopic (exact) mass is 259 g/mol. The molecule has 1 unspecified atom stereocenters. The topological polar surface area (TPSA) is 37.4 Å². The fraction of sp³-hybridized carbons (Fsp3) is 0.455. The zero-order valence-corrected chi connectivity index (χ0v) is 10.1. The molecular weight excluding hydrogens is 249 g/mol. The minimum atomic E-state index is -0.479. The molecule has 0 radical (unpaired) electrons. The average molecular weight is 260 g/mol. The molecule has 0 aromatic heterocycles. The van der Waals surface area contributed by atoms with Gasteiger partial charge in [-0.05, 0) is 19.3 Å². The van der Waals surface area contributed by atoms with Gasteiger partial charge in [0.25, 0.3) is 11.8 Å². The highest BCUT2D eigenvalue weighted by Gasteiger charge is 2.40. The van der Waals surface area contributed by atoms with Crippen LogP contribution in [0.2, 0.25) is 0 Å². The van der Waals surface area contributed by atoms with Crippen LogP contribution < -0.4 is 0 Å². The SMILES string of the molecule is O=C1C(Cl)=C(Cl)C(=O)N1C1C=CCCCC1. The van der Waals surface area contributed by atoms with Crippen LogP contribution in [0.5, 0.6) is 0 Å². The Bertz CT molecular complexity index is 377. The molecule has 0 aromatic carbocycles. The molecule has 2 amide bonds. The van der Waals surface area contributed by atoms with Gasteiger partial charge in [0.05, 0.1) is 6.04 Å². The smallest absolute Gasteiger partial charge is 0.267 e. The molecular formula is C11H11Cl2NO2. The van der Waals surface area contributed by atoms with E-state index in [2.05, 4.69) is 0 Å². The van der Waals surface area contributed by atoms with Gasteiger partial charge in [0.2, 0.25) is 0 Å². The average Bonchev–Trinajstić information content (AvgIpc) is 2.54. The number of allylic oxidation sites excluding steroid dienone is 1. The zero-order valence-electron chi connectivity index (χ0n) is 8.58. The highest BCUT2D eigenvalue weighted by molar-refractivity contribution is 6.58. The summed E-state index contributed by atoms with van der Waals surface area (Å²) in [5.41, 5.74) is 0. The number of hydrogen-bond donors (Lipinski definition) is 0. The fourth-order valence-corrected chi connectivity index (χ4v) is 2.32. The van der Waals surface area contributed by atoms with Crippen LogP contribution in [-0.2, 0) is 9.59 Å². The largest absolute Gasteiger partial charge is 0.274 e. The Kier molecular flexibility index (Phi) is 3.36. The molecule has 1 aliphatic carbocycles. The molecule has 1 atom stereocenters. The molecule has 0 fully saturated rings. The van der Waals surface area contributed by atoms with Gasteiger partial charge in [0.15, 0.2) is 0 Å². The van der Waals surface area contributed by atoms with Crippen LogP contribution in [0.25, 0.3) is 0 Å². The highest BCUT2D eigenvalue weighted by atomic mass is 35.5. The van der Waals surface area contributed by atoms with Crippen LogP contribution >= 0.6 is 23.2 Å². The van der Waals surface area contributed by atoms with Crippen LogP contribution in [-0.4, -0.2) is 22.8 Å². The Balaban J connectivity index is 2.23. The summed E-state index contributed by atoms with van der Waals surface area (Å²) in [7, 11) is 0. The first-order chi connectivity index (χ1) is 7.63. The molecule has 16 heavy (non-hydrogen) atoms. The summed E-state index contributed by atoms with van der Waals surface area (Å²) in [6, 6.07) is -0.201. The normalized spacial score (nSPS) is 26.6. The number of hydrogen-bond acceptors (Lipinski definition) is 2. The lowest BCUT2D eigenvalue weighted by Gasteiger charge is -2.22. The van der Waals surface area contributed by atoms with Gasteiger partial charge in [-0.25, -0.2) is 0 Å². The standard InChI is InChI=1S/C11H11Cl2NO2/c12-8-9(13)11(16)14(10(8)15)7-5-3-1-2-4-6-7/h3,5,7H,1-2,4,6H2. The first-order valence-electron chi connectivity index (χ1n) is 5.22. The van der Waals surface area contributed by atoms with E-state index in [4.69, 9.17) is 23.2 Å². The van der Waals surface area contributed by atoms with Gasteiger partial charge >= 0.3 is 0 Å². The highest BCUT2D eigenvalue weighted by Crippen LogP contribution is 2.30. The van der Waals surface area contributed by atoms with E-state index in [0.29, 0.717) is 0 Å². The Morgan fingerprint density at radius 2 is 1.75 bits per heavy atom.